The molecule has 0 bridgehead atoms. The van der Waals surface area contributed by atoms with Crippen LogP contribution in [-0.2, 0) is 24.0 Å². The quantitative estimate of drug-likeness (QED) is 0.251. The Hall–Kier alpha value is -3.70. The van der Waals surface area contributed by atoms with Crippen LogP contribution in [0.25, 0.3) is 0 Å². The van der Waals surface area contributed by atoms with Crippen LogP contribution in [-0.4, -0.2) is 80.8 Å². The van der Waals surface area contributed by atoms with Crippen LogP contribution in [0.15, 0.2) is 18.6 Å². The molecule has 268 valence electrons. The van der Waals surface area contributed by atoms with Gasteiger partial charge in [0.2, 0.25) is 17.6 Å². The summed E-state index contributed by atoms with van der Waals surface area (Å²) in [5.74, 6) is -3.38. The first-order valence-corrected chi connectivity index (χ1v) is 18.4. The summed E-state index contributed by atoms with van der Waals surface area (Å²) in [4.78, 5) is 91.7. The lowest BCUT2D eigenvalue weighted by molar-refractivity contribution is -0.148. The number of carbonyl (C=O) groups is 6. The zero-order valence-electron chi connectivity index (χ0n) is 29.5. The van der Waals surface area contributed by atoms with Crippen LogP contribution in [0.1, 0.15) is 122 Å². The van der Waals surface area contributed by atoms with Crippen molar-refractivity contribution in [3.8, 4) is 0 Å². The molecule has 3 saturated carbocycles. The van der Waals surface area contributed by atoms with Gasteiger partial charge in [0.1, 0.15) is 11.7 Å². The van der Waals surface area contributed by atoms with E-state index in [2.05, 4.69) is 25.9 Å². The van der Waals surface area contributed by atoms with Crippen LogP contribution in [0.2, 0.25) is 0 Å². The van der Waals surface area contributed by atoms with Crippen LogP contribution in [0.3, 0.4) is 0 Å². The van der Waals surface area contributed by atoms with Gasteiger partial charge in [0.05, 0.1) is 18.3 Å². The molecular weight excluding hydrogens is 624 g/mol. The highest BCUT2D eigenvalue weighted by Gasteiger charge is 2.52. The molecule has 4 fully saturated rings. The second-order valence-electron chi connectivity index (χ2n) is 15.8. The summed E-state index contributed by atoms with van der Waals surface area (Å²) >= 11 is 0. The largest absolute Gasteiger partial charge is 0.347 e. The lowest BCUT2D eigenvalue weighted by Crippen LogP contribution is -2.56. The van der Waals surface area contributed by atoms with Gasteiger partial charge in [-0.3, -0.25) is 33.8 Å². The number of hydrogen-bond acceptors (Lipinski definition) is 8. The van der Waals surface area contributed by atoms with Gasteiger partial charge in [-0.1, -0.05) is 59.8 Å². The zero-order valence-corrected chi connectivity index (χ0v) is 29.5. The summed E-state index contributed by atoms with van der Waals surface area (Å²) in [6, 6.07) is -2.51. The smallest absolute Gasteiger partial charge is 0.289 e. The summed E-state index contributed by atoms with van der Waals surface area (Å²) in [6.45, 7) is 8.09. The second-order valence-corrected chi connectivity index (χ2v) is 15.8. The molecule has 2 heterocycles. The van der Waals surface area contributed by atoms with E-state index in [9.17, 15) is 28.8 Å². The van der Waals surface area contributed by atoms with Crippen LogP contribution in [0, 0.1) is 29.1 Å². The first-order valence-electron chi connectivity index (χ1n) is 18.4. The number of hydrogen-bond donors (Lipinski definition) is 3. The van der Waals surface area contributed by atoms with Gasteiger partial charge in [0, 0.05) is 37.3 Å². The van der Waals surface area contributed by atoms with Crippen molar-refractivity contribution < 1.29 is 28.8 Å². The highest BCUT2D eigenvalue weighted by atomic mass is 16.2. The van der Waals surface area contributed by atoms with E-state index in [1.807, 2.05) is 27.7 Å². The third kappa shape index (κ3) is 8.91. The molecule has 1 aromatic rings. The minimum atomic E-state index is -0.970. The molecule has 6 unspecified atom stereocenters. The Kier molecular flexibility index (Phi) is 11.9. The average molecular weight is 679 g/mol. The number of fused-ring (bicyclic) bond motifs is 1. The molecule has 12 nitrogen and oxygen atoms in total. The summed E-state index contributed by atoms with van der Waals surface area (Å²) < 4.78 is 0. The Bertz CT molecular complexity index is 1390. The number of likely N-dealkylation sites (tertiary alicyclic amines) is 1. The van der Waals surface area contributed by atoms with Gasteiger partial charge in [-0.15, -0.1) is 0 Å². The third-order valence-electron chi connectivity index (χ3n) is 11.1. The number of nitrogens with one attached hydrogen (secondary N) is 3. The average Bonchev–Trinajstić information content (AvgIpc) is 3.65. The van der Waals surface area contributed by atoms with E-state index >= 15 is 0 Å². The standard InChI is InChI=1S/C37H54N6O6/c1-5-10-27(32(45)35(48)40-24-15-16-24)41-34(47)31-25-14-9-13-23(25)21-43(31)36(49)26(37(2,3)4)19-29(44)30(22-11-7-6-8-12-22)42-33(46)28-20-38-17-18-39-28/h17-18,20,22-27,30-31H,5-16,19,21H2,1-4H3,(H,40,48)(H,41,47)(H,42,46). The lowest BCUT2D eigenvalue weighted by Gasteiger charge is -2.37. The van der Waals surface area contributed by atoms with Crippen molar-refractivity contribution in [2.45, 2.75) is 135 Å². The maximum atomic E-state index is 14.7. The lowest BCUT2D eigenvalue weighted by atomic mass is 9.74. The molecule has 6 atom stereocenters. The van der Waals surface area contributed by atoms with Gasteiger partial charge in [-0.2, -0.15) is 0 Å². The molecule has 5 rings (SSSR count). The van der Waals surface area contributed by atoms with Crippen molar-refractivity contribution in [3.63, 3.8) is 0 Å². The minimum absolute atomic E-state index is 0.0201. The number of amides is 4. The van der Waals surface area contributed by atoms with E-state index in [0.29, 0.717) is 19.4 Å². The molecular formula is C37H54N6O6. The SMILES string of the molecule is CCCC(NC(=O)C1C2CCCC2CN1C(=O)C(CC(=O)C(NC(=O)c1cnccn1)C1CCCCC1)C(C)(C)C)C(=O)C(=O)NC1CC1. The molecule has 49 heavy (non-hydrogen) atoms. The summed E-state index contributed by atoms with van der Waals surface area (Å²) in [7, 11) is 0. The molecule has 4 aliphatic rings. The van der Waals surface area contributed by atoms with Crippen molar-refractivity contribution >= 4 is 35.2 Å². The minimum Gasteiger partial charge on any atom is -0.347 e. The zero-order chi connectivity index (χ0) is 35.3. The first-order chi connectivity index (χ1) is 23.4. The molecule has 1 aromatic heterocycles. The first kappa shape index (κ1) is 36.6. The van der Waals surface area contributed by atoms with Crippen LogP contribution < -0.4 is 16.0 Å². The molecule has 0 aromatic carbocycles. The number of Topliss-reactive ketones (excluding diaryl/α,β-unsaturated/α-hetero) is 2. The van der Waals surface area contributed by atoms with Gasteiger partial charge in [-0.05, 0) is 68.1 Å². The van der Waals surface area contributed by atoms with E-state index in [-0.39, 0.29) is 47.6 Å². The van der Waals surface area contributed by atoms with Crippen LogP contribution in [0.4, 0.5) is 0 Å². The molecule has 1 saturated heterocycles. The number of nitrogens with zero attached hydrogens (tertiary/aromatic N) is 3. The molecule has 1 aliphatic heterocycles. The highest BCUT2D eigenvalue weighted by Crippen LogP contribution is 2.44. The van der Waals surface area contributed by atoms with Gasteiger partial charge >= 0.3 is 0 Å². The van der Waals surface area contributed by atoms with Crippen molar-refractivity contribution in [2.24, 2.45) is 29.1 Å². The monoisotopic (exact) mass is 678 g/mol. The number of rotatable bonds is 14. The Morgan fingerprint density at radius 1 is 0.918 bits per heavy atom. The molecule has 0 radical (unpaired) electrons. The summed E-state index contributed by atoms with van der Waals surface area (Å²) in [6.07, 6.45) is 14.1. The number of carbonyl (C=O) groups excluding carboxylic acids is 6. The van der Waals surface area contributed by atoms with Crippen LogP contribution >= 0.6 is 0 Å². The van der Waals surface area contributed by atoms with E-state index < -0.39 is 53.0 Å². The predicted octanol–water partition coefficient (Wildman–Crippen LogP) is 3.54. The third-order valence-corrected chi connectivity index (χ3v) is 11.1. The topological polar surface area (TPSA) is 168 Å². The molecule has 3 N–H and O–H groups in total. The maximum Gasteiger partial charge on any atom is 0.289 e. The summed E-state index contributed by atoms with van der Waals surface area (Å²) in [5, 5.41) is 8.57. The van der Waals surface area contributed by atoms with Crippen molar-refractivity contribution in [2.75, 3.05) is 6.54 Å². The molecule has 4 amide bonds. The van der Waals surface area contributed by atoms with E-state index in [4.69, 9.17) is 0 Å². The van der Waals surface area contributed by atoms with Gasteiger partial charge in [0.15, 0.2) is 5.78 Å². The van der Waals surface area contributed by atoms with Crippen molar-refractivity contribution in [1.82, 2.24) is 30.8 Å². The Balaban J connectivity index is 1.36. The maximum absolute atomic E-state index is 14.7. The Morgan fingerprint density at radius 3 is 2.29 bits per heavy atom. The van der Waals surface area contributed by atoms with Crippen molar-refractivity contribution in [1.29, 1.82) is 0 Å². The Labute approximate surface area is 289 Å². The predicted molar refractivity (Wildman–Crippen MR) is 182 cm³/mol. The van der Waals surface area contributed by atoms with Crippen molar-refractivity contribution in [3.05, 3.63) is 24.3 Å². The fraction of sp³-hybridized carbons (Fsp3) is 0.730. The van der Waals surface area contributed by atoms with Crippen LogP contribution in [0.5, 0.6) is 0 Å². The highest BCUT2D eigenvalue weighted by molar-refractivity contribution is 6.38. The Morgan fingerprint density at radius 2 is 1.65 bits per heavy atom. The molecule has 0 spiro atoms. The normalized spacial score (nSPS) is 24.3. The van der Waals surface area contributed by atoms with E-state index in [0.717, 1.165) is 64.2 Å². The van der Waals surface area contributed by atoms with E-state index in [1.54, 1.807) is 4.90 Å². The number of aromatic nitrogens is 2. The van der Waals surface area contributed by atoms with Gasteiger partial charge in [0.25, 0.3) is 11.8 Å². The fourth-order valence-electron chi connectivity index (χ4n) is 8.18. The molecule has 3 aliphatic carbocycles. The fourth-order valence-corrected chi connectivity index (χ4v) is 8.18. The van der Waals surface area contributed by atoms with Gasteiger partial charge < -0.3 is 20.9 Å². The molecule has 12 heteroatoms. The summed E-state index contributed by atoms with van der Waals surface area (Å²) in [5.41, 5.74) is -0.499. The second kappa shape index (κ2) is 15.9. The number of ketones is 2. The van der Waals surface area contributed by atoms with Gasteiger partial charge in [-0.25, -0.2) is 4.98 Å². The van der Waals surface area contributed by atoms with E-state index in [1.165, 1.54) is 18.6 Å².